The van der Waals surface area contributed by atoms with Crippen molar-refractivity contribution in [2.75, 3.05) is 10.6 Å². The zero-order chi connectivity index (χ0) is 15.0. The van der Waals surface area contributed by atoms with Gasteiger partial charge in [0, 0.05) is 16.9 Å². The number of fused-ring (bicyclic) bond motifs is 1. The molecule has 1 amide bonds. The van der Waals surface area contributed by atoms with E-state index in [0.29, 0.717) is 11.3 Å². The van der Waals surface area contributed by atoms with Crippen LogP contribution in [0, 0.1) is 25.2 Å². The van der Waals surface area contributed by atoms with Gasteiger partial charge in [0.05, 0.1) is 0 Å². The number of nitriles is 1. The highest BCUT2D eigenvalue weighted by molar-refractivity contribution is 6.09. The highest BCUT2D eigenvalue weighted by Crippen LogP contribution is 2.38. The maximum atomic E-state index is 12.3. The standard InChI is InChI=1S/C17H15N3O/c1-11-7-8-13(9-12(11)2)20-17(10-18)14-5-3-4-6-15(14)19-16(17)21/h3-9,20H,1-2H3,(H,19,21)/t17-/m1/s1. The number of rotatable bonds is 2. The first-order chi connectivity index (χ1) is 10.1. The molecule has 0 spiro atoms. The molecule has 3 rings (SSSR count). The third-order valence-corrected chi connectivity index (χ3v) is 3.93. The molecule has 0 unspecified atom stereocenters. The minimum Gasteiger partial charge on any atom is -0.356 e. The van der Waals surface area contributed by atoms with E-state index in [0.717, 1.165) is 11.3 Å². The van der Waals surface area contributed by atoms with Gasteiger partial charge in [0.1, 0.15) is 6.07 Å². The molecule has 0 saturated heterocycles. The van der Waals surface area contributed by atoms with Crippen LogP contribution < -0.4 is 10.6 Å². The lowest BCUT2D eigenvalue weighted by Gasteiger charge is -2.22. The fraction of sp³-hybridized carbons (Fsp3) is 0.176. The first-order valence-corrected chi connectivity index (χ1v) is 6.74. The van der Waals surface area contributed by atoms with Crippen molar-refractivity contribution < 1.29 is 4.79 Å². The van der Waals surface area contributed by atoms with Gasteiger partial charge in [-0.3, -0.25) is 4.79 Å². The summed E-state index contributed by atoms with van der Waals surface area (Å²) in [5.41, 5.74) is 3.00. The van der Waals surface area contributed by atoms with E-state index in [2.05, 4.69) is 16.7 Å². The van der Waals surface area contributed by atoms with Gasteiger partial charge in [0.15, 0.2) is 0 Å². The van der Waals surface area contributed by atoms with Gasteiger partial charge in [-0.25, -0.2) is 0 Å². The van der Waals surface area contributed by atoms with E-state index >= 15 is 0 Å². The monoisotopic (exact) mass is 277 g/mol. The van der Waals surface area contributed by atoms with E-state index in [1.807, 2.05) is 44.2 Å². The Morgan fingerprint density at radius 1 is 1.14 bits per heavy atom. The van der Waals surface area contributed by atoms with E-state index < -0.39 is 5.54 Å². The molecule has 0 aliphatic carbocycles. The van der Waals surface area contributed by atoms with Crippen LogP contribution in [0.25, 0.3) is 0 Å². The van der Waals surface area contributed by atoms with Crippen LogP contribution in [0.5, 0.6) is 0 Å². The van der Waals surface area contributed by atoms with Crippen LogP contribution in [0.2, 0.25) is 0 Å². The predicted octanol–water partition coefficient (Wildman–Crippen LogP) is 3.09. The number of nitrogens with zero attached hydrogens (tertiary/aromatic N) is 1. The molecular weight excluding hydrogens is 262 g/mol. The minimum atomic E-state index is -1.38. The van der Waals surface area contributed by atoms with Crippen molar-refractivity contribution in [1.82, 2.24) is 0 Å². The van der Waals surface area contributed by atoms with Crippen LogP contribution in [0.4, 0.5) is 11.4 Å². The van der Waals surface area contributed by atoms with Crippen LogP contribution in [0.1, 0.15) is 16.7 Å². The van der Waals surface area contributed by atoms with Gasteiger partial charge >= 0.3 is 0 Å². The second kappa shape index (κ2) is 4.64. The molecule has 104 valence electrons. The Balaban J connectivity index is 2.08. The smallest absolute Gasteiger partial charge is 0.269 e. The van der Waals surface area contributed by atoms with Crippen LogP contribution in [-0.4, -0.2) is 5.91 Å². The molecule has 1 atom stereocenters. The minimum absolute atomic E-state index is 0.343. The molecular formula is C17H15N3O. The lowest BCUT2D eigenvalue weighted by Crippen LogP contribution is -2.40. The summed E-state index contributed by atoms with van der Waals surface area (Å²) in [7, 11) is 0. The van der Waals surface area contributed by atoms with Gasteiger partial charge in [-0.2, -0.15) is 5.26 Å². The average molecular weight is 277 g/mol. The summed E-state index contributed by atoms with van der Waals surface area (Å²) in [6.07, 6.45) is 0. The SMILES string of the molecule is Cc1ccc(N[C@@]2(C#N)C(=O)Nc3ccccc32)cc1C. The maximum Gasteiger partial charge on any atom is 0.269 e. The van der Waals surface area contributed by atoms with Crippen LogP contribution in [-0.2, 0) is 10.3 Å². The number of hydrogen-bond acceptors (Lipinski definition) is 3. The van der Waals surface area contributed by atoms with E-state index in [1.54, 1.807) is 12.1 Å². The Kier molecular flexibility index (Phi) is 2.91. The van der Waals surface area contributed by atoms with Crippen LogP contribution in [0.3, 0.4) is 0 Å². The van der Waals surface area contributed by atoms with Gasteiger partial charge in [-0.15, -0.1) is 0 Å². The quantitative estimate of drug-likeness (QED) is 0.886. The number of amides is 1. The molecule has 2 aromatic rings. The van der Waals surface area contributed by atoms with Gasteiger partial charge in [0.2, 0.25) is 5.54 Å². The highest BCUT2D eigenvalue weighted by atomic mass is 16.2. The van der Waals surface area contributed by atoms with E-state index in [9.17, 15) is 10.1 Å². The molecule has 1 heterocycles. The molecule has 0 fully saturated rings. The lowest BCUT2D eigenvalue weighted by molar-refractivity contribution is -0.118. The first kappa shape index (κ1) is 13.2. The number of hydrogen-bond donors (Lipinski definition) is 2. The molecule has 0 radical (unpaired) electrons. The largest absolute Gasteiger partial charge is 0.356 e. The molecule has 4 heteroatoms. The number of carbonyl (C=O) groups is 1. The van der Waals surface area contributed by atoms with Crippen molar-refractivity contribution >= 4 is 17.3 Å². The summed E-state index contributed by atoms with van der Waals surface area (Å²) < 4.78 is 0. The normalized spacial score (nSPS) is 19.6. The van der Waals surface area contributed by atoms with Crippen molar-refractivity contribution in [3.8, 4) is 6.07 Å². The third kappa shape index (κ3) is 1.95. The third-order valence-electron chi connectivity index (χ3n) is 3.93. The summed E-state index contributed by atoms with van der Waals surface area (Å²) in [6.45, 7) is 4.03. The zero-order valence-electron chi connectivity index (χ0n) is 11.9. The van der Waals surface area contributed by atoms with E-state index in [4.69, 9.17) is 0 Å². The molecule has 1 aliphatic heterocycles. The van der Waals surface area contributed by atoms with Crippen molar-refractivity contribution in [2.45, 2.75) is 19.4 Å². The maximum absolute atomic E-state index is 12.3. The average Bonchev–Trinajstić information content (AvgIpc) is 2.76. The van der Waals surface area contributed by atoms with Gasteiger partial charge in [-0.05, 0) is 43.2 Å². The number of benzene rings is 2. The molecule has 0 aromatic heterocycles. The topological polar surface area (TPSA) is 64.9 Å². The Hall–Kier alpha value is -2.80. The Morgan fingerprint density at radius 3 is 2.62 bits per heavy atom. The molecule has 2 N–H and O–H groups in total. The fourth-order valence-corrected chi connectivity index (χ4v) is 2.56. The Labute approximate surface area is 123 Å². The summed E-state index contributed by atoms with van der Waals surface area (Å²) in [5.74, 6) is -0.343. The number of aryl methyl sites for hydroxylation is 2. The Morgan fingerprint density at radius 2 is 1.90 bits per heavy atom. The molecule has 0 bridgehead atoms. The number of anilines is 2. The van der Waals surface area contributed by atoms with Crippen LogP contribution >= 0.6 is 0 Å². The fourth-order valence-electron chi connectivity index (χ4n) is 2.56. The number of carbonyl (C=O) groups excluding carboxylic acids is 1. The molecule has 21 heavy (non-hydrogen) atoms. The van der Waals surface area contributed by atoms with E-state index in [-0.39, 0.29) is 5.91 Å². The summed E-state index contributed by atoms with van der Waals surface area (Å²) in [4.78, 5) is 12.3. The molecule has 1 aliphatic rings. The highest BCUT2D eigenvalue weighted by Gasteiger charge is 2.47. The summed E-state index contributed by atoms with van der Waals surface area (Å²) in [6, 6.07) is 15.2. The summed E-state index contributed by atoms with van der Waals surface area (Å²) in [5, 5.41) is 15.5. The van der Waals surface area contributed by atoms with Crippen molar-refractivity contribution in [2.24, 2.45) is 0 Å². The number of para-hydroxylation sites is 1. The van der Waals surface area contributed by atoms with Gasteiger partial charge < -0.3 is 10.6 Å². The second-order valence-corrected chi connectivity index (χ2v) is 5.29. The Bertz CT molecular complexity index is 776. The first-order valence-electron chi connectivity index (χ1n) is 6.74. The second-order valence-electron chi connectivity index (χ2n) is 5.29. The van der Waals surface area contributed by atoms with Gasteiger partial charge in [-0.1, -0.05) is 24.3 Å². The van der Waals surface area contributed by atoms with E-state index in [1.165, 1.54) is 5.56 Å². The summed E-state index contributed by atoms with van der Waals surface area (Å²) >= 11 is 0. The molecule has 4 nitrogen and oxygen atoms in total. The van der Waals surface area contributed by atoms with Crippen LogP contribution in [0.15, 0.2) is 42.5 Å². The zero-order valence-corrected chi connectivity index (χ0v) is 11.9. The van der Waals surface area contributed by atoms with Gasteiger partial charge in [0.25, 0.3) is 5.91 Å². The van der Waals surface area contributed by atoms with Crippen molar-refractivity contribution in [3.05, 3.63) is 59.2 Å². The molecule has 2 aromatic carbocycles. The van der Waals surface area contributed by atoms with Crippen molar-refractivity contribution in [1.29, 1.82) is 5.26 Å². The molecule has 0 saturated carbocycles. The van der Waals surface area contributed by atoms with Crippen molar-refractivity contribution in [3.63, 3.8) is 0 Å². The lowest BCUT2D eigenvalue weighted by atomic mass is 9.92. The predicted molar refractivity (Wildman–Crippen MR) is 81.9 cm³/mol. The number of nitrogens with one attached hydrogen (secondary N) is 2.